The summed E-state index contributed by atoms with van der Waals surface area (Å²) < 4.78 is 0. The van der Waals surface area contributed by atoms with Crippen molar-refractivity contribution in [1.82, 2.24) is 4.98 Å². The molecule has 1 aromatic heterocycles. The van der Waals surface area contributed by atoms with E-state index in [1.165, 1.54) is 5.56 Å². The summed E-state index contributed by atoms with van der Waals surface area (Å²) in [6.45, 7) is 6.07. The summed E-state index contributed by atoms with van der Waals surface area (Å²) in [5.74, 6) is -0.212. The summed E-state index contributed by atoms with van der Waals surface area (Å²) in [6, 6.07) is 17.5. The summed E-state index contributed by atoms with van der Waals surface area (Å²) in [6.07, 6.45) is 1.66. The molecule has 1 heterocycles. The van der Waals surface area contributed by atoms with Crippen molar-refractivity contribution in [3.05, 3.63) is 83.2 Å². The molecule has 0 saturated carbocycles. The van der Waals surface area contributed by atoms with Gasteiger partial charge in [-0.1, -0.05) is 29.8 Å². The first kappa shape index (κ1) is 16.7. The number of anilines is 3. The van der Waals surface area contributed by atoms with Crippen LogP contribution in [0.25, 0.3) is 0 Å². The van der Waals surface area contributed by atoms with Crippen LogP contribution in [-0.4, -0.2) is 10.9 Å². The summed E-state index contributed by atoms with van der Waals surface area (Å²) in [7, 11) is 0. The predicted molar refractivity (Wildman–Crippen MR) is 103 cm³/mol. The number of nitrogens with one attached hydrogen (secondary N) is 2. The minimum atomic E-state index is -0.212. The van der Waals surface area contributed by atoms with Gasteiger partial charge in [-0.15, -0.1) is 0 Å². The third-order valence-electron chi connectivity index (χ3n) is 4.19. The molecule has 3 aromatic rings. The highest BCUT2D eigenvalue weighted by Crippen LogP contribution is 2.20. The first-order chi connectivity index (χ1) is 12.0. The van der Waals surface area contributed by atoms with Gasteiger partial charge in [0.05, 0.1) is 11.9 Å². The fourth-order valence-corrected chi connectivity index (χ4v) is 2.48. The van der Waals surface area contributed by atoms with Crippen LogP contribution >= 0.6 is 0 Å². The van der Waals surface area contributed by atoms with Gasteiger partial charge in [0.25, 0.3) is 5.91 Å². The Morgan fingerprint density at radius 3 is 2.28 bits per heavy atom. The van der Waals surface area contributed by atoms with Gasteiger partial charge in [-0.25, -0.2) is 4.98 Å². The lowest BCUT2D eigenvalue weighted by Gasteiger charge is -2.10. The summed E-state index contributed by atoms with van der Waals surface area (Å²) in [4.78, 5) is 16.7. The van der Waals surface area contributed by atoms with Crippen LogP contribution in [0.15, 0.2) is 60.8 Å². The number of carbonyl (C=O) groups excluding carboxylic acids is 1. The number of carbonyl (C=O) groups is 1. The Morgan fingerprint density at radius 2 is 1.60 bits per heavy atom. The molecule has 0 unspecified atom stereocenters. The van der Waals surface area contributed by atoms with Crippen LogP contribution in [0, 0.1) is 20.8 Å². The van der Waals surface area contributed by atoms with Crippen LogP contribution in [0.5, 0.6) is 0 Å². The van der Waals surface area contributed by atoms with E-state index in [0.29, 0.717) is 5.69 Å². The molecule has 25 heavy (non-hydrogen) atoms. The SMILES string of the molecule is Cc1ccc(Nc2ccc(C(=O)Nc3cccc(C)c3C)nc2)cc1. The number of aromatic nitrogens is 1. The van der Waals surface area contributed by atoms with E-state index in [4.69, 9.17) is 0 Å². The summed E-state index contributed by atoms with van der Waals surface area (Å²) in [5.41, 5.74) is 6.44. The molecule has 0 radical (unpaired) electrons. The van der Waals surface area contributed by atoms with Crippen LogP contribution in [0.4, 0.5) is 17.1 Å². The third-order valence-corrected chi connectivity index (χ3v) is 4.19. The number of rotatable bonds is 4. The molecule has 0 fully saturated rings. The molecule has 0 aliphatic carbocycles. The monoisotopic (exact) mass is 331 g/mol. The summed E-state index contributed by atoms with van der Waals surface area (Å²) in [5, 5.41) is 6.19. The second-order valence-corrected chi connectivity index (χ2v) is 6.12. The number of hydrogen-bond donors (Lipinski definition) is 2. The van der Waals surface area contributed by atoms with Gasteiger partial charge in [0.1, 0.15) is 5.69 Å². The van der Waals surface area contributed by atoms with Crippen molar-refractivity contribution in [2.24, 2.45) is 0 Å². The highest BCUT2D eigenvalue weighted by atomic mass is 16.1. The molecule has 3 rings (SSSR count). The van der Waals surface area contributed by atoms with Gasteiger partial charge in [0, 0.05) is 11.4 Å². The molecular formula is C21H21N3O. The topological polar surface area (TPSA) is 54.0 Å². The fourth-order valence-electron chi connectivity index (χ4n) is 2.48. The Kier molecular flexibility index (Phi) is 4.80. The number of amides is 1. The van der Waals surface area contributed by atoms with Gasteiger partial charge in [-0.3, -0.25) is 4.79 Å². The van der Waals surface area contributed by atoms with Gasteiger partial charge in [-0.05, 0) is 62.2 Å². The molecule has 0 aliphatic heterocycles. The molecule has 2 N–H and O–H groups in total. The Balaban J connectivity index is 1.70. The molecule has 0 aliphatic rings. The lowest BCUT2D eigenvalue weighted by molar-refractivity contribution is 0.102. The van der Waals surface area contributed by atoms with Crippen molar-refractivity contribution in [2.45, 2.75) is 20.8 Å². The first-order valence-corrected chi connectivity index (χ1v) is 8.20. The fraction of sp³-hybridized carbons (Fsp3) is 0.143. The molecule has 1 amide bonds. The van der Waals surface area contributed by atoms with E-state index in [1.54, 1.807) is 12.3 Å². The molecule has 126 valence electrons. The van der Waals surface area contributed by atoms with Crippen molar-refractivity contribution in [1.29, 1.82) is 0 Å². The zero-order valence-corrected chi connectivity index (χ0v) is 14.6. The maximum atomic E-state index is 12.4. The standard InChI is InChI=1S/C21H21N3O/c1-14-7-9-17(10-8-14)23-18-11-12-20(22-13-18)21(25)24-19-6-4-5-15(2)16(19)3/h4-13,23H,1-3H3,(H,24,25). The molecule has 0 saturated heterocycles. The van der Waals surface area contributed by atoms with Crippen LogP contribution in [0.3, 0.4) is 0 Å². The van der Waals surface area contributed by atoms with E-state index in [-0.39, 0.29) is 5.91 Å². The van der Waals surface area contributed by atoms with E-state index < -0.39 is 0 Å². The van der Waals surface area contributed by atoms with E-state index in [0.717, 1.165) is 28.2 Å². The highest BCUT2D eigenvalue weighted by Gasteiger charge is 2.10. The Bertz CT molecular complexity index is 884. The largest absolute Gasteiger partial charge is 0.354 e. The number of aryl methyl sites for hydroxylation is 2. The first-order valence-electron chi connectivity index (χ1n) is 8.20. The molecule has 0 atom stereocenters. The minimum absolute atomic E-state index is 0.212. The van der Waals surface area contributed by atoms with Gasteiger partial charge < -0.3 is 10.6 Å². The lowest BCUT2D eigenvalue weighted by Crippen LogP contribution is -2.14. The number of hydrogen-bond acceptors (Lipinski definition) is 3. The molecule has 2 aromatic carbocycles. The van der Waals surface area contributed by atoms with Crippen LogP contribution in [0.2, 0.25) is 0 Å². The quantitative estimate of drug-likeness (QED) is 0.707. The Morgan fingerprint density at radius 1 is 0.880 bits per heavy atom. The number of benzene rings is 2. The highest BCUT2D eigenvalue weighted by molar-refractivity contribution is 6.03. The zero-order chi connectivity index (χ0) is 17.8. The van der Waals surface area contributed by atoms with E-state index in [9.17, 15) is 4.79 Å². The van der Waals surface area contributed by atoms with Crippen molar-refractivity contribution in [3.63, 3.8) is 0 Å². The number of pyridine rings is 1. The average molecular weight is 331 g/mol. The maximum Gasteiger partial charge on any atom is 0.274 e. The smallest absolute Gasteiger partial charge is 0.274 e. The second kappa shape index (κ2) is 7.18. The minimum Gasteiger partial charge on any atom is -0.354 e. The second-order valence-electron chi connectivity index (χ2n) is 6.12. The van der Waals surface area contributed by atoms with Gasteiger partial charge in [0.2, 0.25) is 0 Å². The predicted octanol–water partition coefficient (Wildman–Crippen LogP) is 5.00. The average Bonchev–Trinajstić information content (AvgIpc) is 2.61. The van der Waals surface area contributed by atoms with Gasteiger partial charge >= 0.3 is 0 Å². The Labute approximate surface area is 147 Å². The molecule has 4 nitrogen and oxygen atoms in total. The van der Waals surface area contributed by atoms with E-state index >= 15 is 0 Å². The van der Waals surface area contributed by atoms with Crippen molar-refractivity contribution < 1.29 is 4.79 Å². The zero-order valence-electron chi connectivity index (χ0n) is 14.6. The third kappa shape index (κ3) is 4.04. The van der Waals surface area contributed by atoms with Crippen LogP contribution in [-0.2, 0) is 0 Å². The molecule has 0 bridgehead atoms. The number of nitrogens with zero attached hydrogens (tertiary/aromatic N) is 1. The van der Waals surface area contributed by atoms with Crippen LogP contribution in [0.1, 0.15) is 27.2 Å². The molecule has 4 heteroatoms. The van der Waals surface area contributed by atoms with E-state index in [1.807, 2.05) is 62.4 Å². The lowest BCUT2D eigenvalue weighted by atomic mass is 10.1. The van der Waals surface area contributed by atoms with Gasteiger partial charge in [0.15, 0.2) is 0 Å². The Hall–Kier alpha value is -3.14. The van der Waals surface area contributed by atoms with Crippen LogP contribution < -0.4 is 10.6 Å². The van der Waals surface area contributed by atoms with Crippen molar-refractivity contribution >= 4 is 23.0 Å². The van der Waals surface area contributed by atoms with Gasteiger partial charge in [-0.2, -0.15) is 0 Å². The normalized spacial score (nSPS) is 10.4. The maximum absolute atomic E-state index is 12.4. The molecular weight excluding hydrogens is 310 g/mol. The summed E-state index contributed by atoms with van der Waals surface area (Å²) >= 11 is 0. The van der Waals surface area contributed by atoms with E-state index in [2.05, 4.69) is 22.5 Å². The van der Waals surface area contributed by atoms with Crippen molar-refractivity contribution in [3.8, 4) is 0 Å². The van der Waals surface area contributed by atoms with Crippen molar-refractivity contribution in [2.75, 3.05) is 10.6 Å². The molecule has 0 spiro atoms.